The Hall–Kier alpha value is -3.51. The molecule has 3 amide bonds. The molecule has 0 radical (unpaired) electrons. The first-order chi connectivity index (χ1) is 15.5. The van der Waals surface area contributed by atoms with Gasteiger partial charge in [0.1, 0.15) is 5.75 Å². The maximum absolute atomic E-state index is 13.1. The smallest absolute Gasteiger partial charge is 0.324 e. The Morgan fingerprint density at radius 3 is 2.56 bits per heavy atom. The van der Waals surface area contributed by atoms with Crippen molar-refractivity contribution < 1.29 is 14.3 Å². The molecular weight excluding hydrogens is 426 g/mol. The van der Waals surface area contributed by atoms with Crippen molar-refractivity contribution in [1.29, 1.82) is 0 Å². The van der Waals surface area contributed by atoms with Crippen molar-refractivity contribution in [1.82, 2.24) is 4.90 Å². The number of benzene rings is 3. The van der Waals surface area contributed by atoms with Crippen LogP contribution >= 0.6 is 11.6 Å². The summed E-state index contributed by atoms with van der Waals surface area (Å²) in [6.45, 7) is 1.88. The van der Waals surface area contributed by atoms with E-state index in [1.54, 1.807) is 48.4 Å². The van der Waals surface area contributed by atoms with E-state index in [0.29, 0.717) is 35.9 Å². The van der Waals surface area contributed by atoms with E-state index in [9.17, 15) is 9.59 Å². The normalized spacial score (nSPS) is 13.8. The number of carbonyl (C=O) groups is 2. The summed E-state index contributed by atoms with van der Waals surface area (Å²) in [7, 11) is 1.63. The molecule has 0 saturated carbocycles. The number of urea groups is 1. The van der Waals surface area contributed by atoms with Crippen molar-refractivity contribution in [3.05, 3.63) is 88.9 Å². The zero-order valence-electron chi connectivity index (χ0n) is 17.8. The van der Waals surface area contributed by atoms with E-state index in [1.807, 2.05) is 41.3 Å². The molecule has 1 saturated heterocycles. The highest BCUT2D eigenvalue weighted by Gasteiger charge is 2.27. The lowest BCUT2D eigenvalue weighted by Gasteiger charge is -2.35. The number of hydrogen-bond acceptors (Lipinski definition) is 3. The van der Waals surface area contributed by atoms with Gasteiger partial charge >= 0.3 is 6.03 Å². The Morgan fingerprint density at radius 2 is 1.81 bits per heavy atom. The fourth-order valence-corrected chi connectivity index (χ4v) is 3.95. The number of rotatable bonds is 6. The number of anilines is 2. The molecule has 1 aliphatic heterocycles. The van der Waals surface area contributed by atoms with Crippen molar-refractivity contribution in [3.8, 4) is 5.75 Å². The van der Waals surface area contributed by atoms with Gasteiger partial charge in [0.25, 0.3) is 5.91 Å². The predicted octanol–water partition coefficient (Wildman–Crippen LogP) is 5.43. The molecule has 1 fully saturated rings. The van der Waals surface area contributed by atoms with Gasteiger partial charge in [0.15, 0.2) is 0 Å². The van der Waals surface area contributed by atoms with E-state index in [4.69, 9.17) is 16.3 Å². The van der Waals surface area contributed by atoms with Crippen LogP contribution in [0.5, 0.6) is 5.75 Å². The summed E-state index contributed by atoms with van der Waals surface area (Å²) in [5.74, 6) is 0.500. The number of amides is 3. The standard InChI is InChI=1S/C25H24ClN3O3/c1-32-21-7-4-6-18(16-21)17-28-14-5-15-29(25(28)31)20-12-10-19(11-13-20)27-24(30)22-8-2-3-9-23(22)26/h2-4,6-13,16H,5,14-15,17H2,1H3,(H,27,30). The minimum atomic E-state index is -0.276. The molecule has 0 aromatic heterocycles. The molecule has 7 heteroatoms. The zero-order chi connectivity index (χ0) is 22.5. The van der Waals surface area contributed by atoms with Gasteiger partial charge in [-0.25, -0.2) is 4.79 Å². The van der Waals surface area contributed by atoms with Crippen LogP contribution in [0.4, 0.5) is 16.2 Å². The molecule has 1 heterocycles. The van der Waals surface area contributed by atoms with Gasteiger partial charge in [0, 0.05) is 31.0 Å². The monoisotopic (exact) mass is 449 g/mol. The van der Waals surface area contributed by atoms with Crippen LogP contribution < -0.4 is 15.0 Å². The van der Waals surface area contributed by atoms with Crippen molar-refractivity contribution >= 4 is 34.9 Å². The third kappa shape index (κ3) is 4.86. The Balaban J connectivity index is 1.43. The molecule has 6 nitrogen and oxygen atoms in total. The Morgan fingerprint density at radius 1 is 1.03 bits per heavy atom. The fourth-order valence-electron chi connectivity index (χ4n) is 3.73. The molecule has 4 rings (SSSR count). The molecule has 0 unspecified atom stereocenters. The molecule has 1 N–H and O–H groups in total. The summed E-state index contributed by atoms with van der Waals surface area (Å²) >= 11 is 6.10. The Bertz CT molecular complexity index is 1120. The van der Waals surface area contributed by atoms with E-state index < -0.39 is 0 Å². The summed E-state index contributed by atoms with van der Waals surface area (Å²) < 4.78 is 5.28. The third-order valence-electron chi connectivity index (χ3n) is 5.37. The lowest BCUT2D eigenvalue weighted by atomic mass is 10.1. The third-order valence-corrected chi connectivity index (χ3v) is 5.70. The number of halogens is 1. The van der Waals surface area contributed by atoms with Gasteiger partial charge in [-0.2, -0.15) is 0 Å². The van der Waals surface area contributed by atoms with Crippen LogP contribution in [0.2, 0.25) is 5.02 Å². The summed E-state index contributed by atoms with van der Waals surface area (Å²) in [6.07, 6.45) is 0.876. The van der Waals surface area contributed by atoms with Crippen LogP contribution in [0.3, 0.4) is 0 Å². The van der Waals surface area contributed by atoms with Gasteiger partial charge in [-0.15, -0.1) is 0 Å². The topological polar surface area (TPSA) is 61.9 Å². The Labute approximate surface area is 192 Å². The number of methoxy groups -OCH3 is 1. The van der Waals surface area contributed by atoms with Gasteiger partial charge in [-0.05, 0) is 60.5 Å². The van der Waals surface area contributed by atoms with Crippen molar-refractivity contribution in [2.24, 2.45) is 0 Å². The van der Waals surface area contributed by atoms with Crippen molar-refractivity contribution in [2.75, 3.05) is 30.4 Å². The number of hydrogen-bond donors (Lipinski definition) is 1. The van der Waals surface area contributed by atoms with Crippen LogP contribution in [0.25, 0.3) is 0 Å². The van der Waals surface area contributed by atoms with E-state index in [2.05, 4.69) is 5.32 Å². The minimum Gasteiger partial charge on any atom is -0.497 e. The second-order valence-corrected chi connectivity index (χ2v) is 7.95. The minimum absolute atomic E-state index is 0.0353. The quantitative estimate of drug-likeness (QED) is 0.545. The van der Waals surface area contributed by atoms with E-state index in [1.165, 1.54) is 0 Å². The first-order valence-corrected chi connectivity index (χ1v) is 10.8. The number of nitrogens with one attached hydrogen (secondary N) is 1. The maximum Gasteiger partial charge on any atom is 0.324 e. The van der Waals surface area contributed by atoms with E-state index in [0.717, 1.165) is 23.4 Å². The first-order valence-electron chi connectivity index (χ1n) is 10.4. The summed E-state index contributed by atoms with van der Waals surface area (Å²) in [4.78, 5) is 29.2. The molecule has 1 aliphatic rings. The highest BCUT2D eigenvalue weighted by molar-refractivity contribution is 6.34. The van der Waals surface area contributed by atoms with Crippen molar-refractivity contribution in [3.63, 3.8) is 0 Å². The first kappa shape index (κ1) is 21.7. The van der Waals surface area contributed by atoms with Crippen LogP contribution in [0, 0.1) is 0 Å². The average Bonchev–Trinajstić information content (AvgIpc) is 2.81. The summed E-state index contributed by atoms with van der Waals surface area (Å²) in [5.41, 5.74) is 2.87. The van der Waals surface area contributed by atoms with Gasteiger partial charge in [0.2, 0.25) is 0 Å². The molecule has 0 spiro atoms. The van der Waals surface area contributed by atoms with E-state index in [-0.39, 0.29) is 11.9 Å². The van der Waals surface area contributed by atoms with Gasteiger partial charge < -0.3 is 15.0 Å². The lowest BCUT2D eigenvalue weighted by Crippen LogP contribution is -2.49. The molecule has 0 bridgehead atoms. The molecule has 3 aromatic rings. The van der Waals surface area contributed by atoms with Crippen LogP contribution in [-0.4, -0.2) is 37.0 Å². The molecular formula is C25H24ClN3O3. The molecule has 0 atom stereocenters. The molecule has 3 aromatic carbocycles. The maximum atomic E-state index is 13.1. The molecule has 0 aliphatic carbocycles. The second-order valence-electron chi connectivity index (χ2n) is 7.54. The van der Waals surface area contributed by atoms with Gasteiger partial charge in [-0.3, -0.25) is 9.69 Å². The number of carbonyl (C=O) groups excluding carboxylic acids is 2. The zero-order valence-corrected chi connectivity index (χ0v) is 18.5. The van der Waals surface area contributed by atoms with Gasteiger partial charge in [0.05, 0.1) is 17.7 Å². The highest BCUT2D eigenvalue weighted by atomic mass is 35.5. The largest absolute Gasteiger partial charge is 0.497 e. The van der Waals surface area contributed by atoms with Crippen LogP contribution in [0.1, 0.15) is 22.3 Å². The number of ether oxygens (including phenoxy) is 1. The Kier molecular flexibility index (Phi) is 6.61. The molecule has 164 valence electrons. The van der Waals surface area contributed by atoms with Crippen LogP contribution in [-0.2, 0) is 6.54 Å². The average molecular weight is 450 g/mol. The number of nitrogens with zero attached hydrogens (tertiary/aromatic N) is 2. The highest BCUT2D eigenvalue weighted by Crippen LogP contribution is 2.25. The fraction of sp³-hybridized carbons (Fsp3) is 0.200. The summed E-state index contributed by atoms with van der Waals surface area (Å²) in [5, 5.41) is 3.24. The van der Waals surface area contributed by atoms with Crippen molar-refractivity contribution in [2.45, 2.75) is 13.0 Å². The second kappa shape index (κ2) is 9.75. The SMILES string of the molecule is COc1cccc(CN2CCCN(c3ccc(NC(=O)c4ccccc4Cl)cc3)C2=O)c1. The van der Waals surface area contributed by atoms with Crippen LogP contribution in [0.15, 0.2) is 72.8 Å². The van der Waals surface area contributed by atoms with E-state index >= 15 is 0 Å². The lowest BCUT2D eigenvalue weighted by molar-refractivity contribution is 0.102. The molecule has 32 heavy (non-hydrogen) atoms. The van der Waals surface area contributed by atoms with Gasteiger partial charge in [-0.1, -0.05) is 35.9 Å². The summed E-state index contributed by atoms with van der Waals surface area (Å²) in [6, 6.07) is 21.9. The predicted molar refractivity (Wildman–Crippen MR) is 127 cm³/mol.